The molecule has 2 aromatic carbocycles. The molecule has 2 N–H and O–H groups in total. The van der Waals surface area contributed by atoms with E-state index in [2.05, 4.69) is 10.3 Å². The number of nitrogens with one attached hydrogen (secondary N) is 1. The van der Waals surface area contributed by atoms with E-state index < -0.39 is 0 Å². The molecule has 9 nitrogen and oxygen atoms in total. The first-order valence-electron chi connectivity index (χ1n) is 10.5. The number of imidazole rings is 1. The van der Waals surface area contributed by atoms with Crippen molar-refractivity contribution in [1.82, 2.24) is 9.55 Å². The van der Waals surface area contributed by atoms with Crippen LogP contribution in [-0.4, -0.2) is 59.9 Å². The Balaban J connectivity index is 1.66. The number of aliphatic hydroxyl groups excluding tert-OH is 1. The number of nitrogens with zero attached hydrogens (tertiary/aromatic N) is 3. The number of morpholine rings is 1. The Morgan fingerprint density at radius 2 is 2.12 bits per heavy atom. The van der Waals surface area contributed by atoms with Gasteiger partial charge in [-0.1, -0.05) is 0 Å². The van der Waals surface area contributed by atoms with Crippen molar-refractivity contribution in [2.75, 3.05) is 43.7 Å². The topological polar surface area (TPSA) is 106 Å². The molecule has 168 valence electrons. The molecular weight excluding hydrogens is 412 g/mol. The fourth-order valence-corrected chi connectivity index (χ4v) is 3.82. The lowest BCUT2D eigenvalue weighted by Gasteiger charge is -2.26. The van der Waals surface area contributed by atoms with Gasteiger partial charge in [0.2, 0.25) is 5.95 Å². The second kappa shape index (κ2) is 9.37. The normalized spacial score (nSPS) is 14.1. The number of carbonyl (C=O) groups is 2. The number of hydrogen-bond donors (Lipinski definition) is 2. The Morgan fingerprint density at radius 1 is 1.28 bits per heavy atom. The second-order valence-electron chi connectivity index (χ2n) is 7.57. The zero-order valence-electron chi connectivity index (χ0n) is 18.1. The number of aryl methyl sites for hydroxylation is 2. The third kappa shape index (κ3) is 4.30. The molecule has 2 heterocycles. The van der Waals surface area contributed by atoms with Crippen molar-refractivity contribution in [2.24, 2.45) is 0 Å². The molecule has 9 heteroatoms. The summed E-state index contributed by atoms with van der Waals surface area (Å²) >= 11 is 0. The predicted molar refractivity (Wildman–Crippen MR) is 120 cm³/mol. The zero-order chi connectivity index (χ0) is 22.7. The van der Waals surface area contributed by atoms with Crippen LogP contribution in [0.15, 0.2) is 36.4 Å². The van der Waals surface area contributed by atoms with Gasteiger partial charge in [0.1, 0.15) is 12.4 Å². The summed E-state index contributed by atoms with van der Waals surface area (Å²) in [5, 5.41) is 12.2. The van der Waals surface area contributed by atoms with Crippen LogP contribution in [0.1, 0.15) is 22.3 Å². The van der Waals surface area contributed by atoms with Crippen LogP contribution in [0, 0.1) is 6.92 Å². The molecule has 0 aliphatic carbocycles. The lowest BCUT2D eigenvalue weighted by molar-refractivity contribution is -0.125. The van der Waals surface area contributed by atoms with Crippen LogP contribution in [0.25, 0.3) is 11.0 Å². The summed E-state index contributed by atoms with van der Waals surface area (Å²) in [7, 11) is 1.59. The smallest absolute Gasteiger partial charge is 0.257 e. The predicted octanol–water partition coefficient (Wildman–Crippen LogP) is 2.35. The number of aromatic nitrogens is 2. The summed E-state index contributed by atoms with van der Waals surface area (Å²) in [5.41, 5.74) is 3.55. The molecule has 0 spiro atoms. The van der Waals surface area contributed by atoms with E-state index >= 15 is 0 Å². The maximum absolute atomic E-state index is 12.9. The fourth-order valence-electron chi connectivity index (χ4n) is 3.82. The van der Waals surface area contributed by atoms with Gasteiger partial charge < -0.3 is 24.0 Å². The van der Waals surface area contributed by atoms with Crippen LogP contribution in [0.4, 0.5) is 11.6 Å². The molecule has 0 unspecified atom stereocenters. The molecule has 1 saturated heterocycles. The van der Waals surface area contributed by atoms with Gasteiger partial charge in [-0.3, -0.25) is 14.9 Å². The molecule has 0 bridgehead atoms. The van der Waals surface area contributed by atoms with E-state index in [-0.39, 0.29) is 25.0 Å². The number of fused-ring (bicyclic) bond motifs is 1. The summed E-state index contributed by atoms with van der Waals surface area (Å²) < 4.78 is 12.3. The van der Waals surface area contributed by atoms with Crippen molar-refractivity contribution in [2.45, 2.75) is 19.9 Å². The van der Waals surface area contributed by atoms with Crippen LogP contribution in [0.3, 0.4) is 0 Å². The van der Waals surface area contributed by atoms with Crippen LogP contribution in [0.5, 0.6) is 5.75 Å². The molecule has 3 aromatic rings. The van der Waals surface area contributed by atoms with Gasteiger partial charge in [0.15, 0.2) is 0 Å². The number of amides is 2. The van der Waals surface area contributed by atoms with E-state index in [0.29, 0.717) is 48.9 Å². The van der Waals surface area contributed by atoms with E-state index in [9.17, 15) is 14.7 Å². The molecule has 0 saturated carbocycles. The molecule has 1 aliphatic heterocycles. The quantitative estimate of drug-likeness (QED) is 0.587. The van der Waals surface area contributed by atoms with E-state index in [1.807, 2.05) is 29.7 Å². The zero-order valence-corrected chi connectivity index (χ0v) is 18.1. The van der Waals surface area contributed by atoms with Crippen molar-refractivity contribution in [3.8, 4) is 5.75 Å². The lowest BCUT2D eigenvalue weighted by Crippen LogP contribution is -2.41. The molecule has 1 aromatic heterocycles. The van der Waals surface area contributed by atoms with Gasteiger partial charge in [0, 0.05) is 30.9 Å². The number of anilines is 2. The van der Waals surface area contributed by atoms with Crippen molar-refractivity contribution in [3.63, 3.8) is 0 Å². The Labute approximate surface area is 185 Å². The first-order valence-corrected chi connectivity index (χ1v) is 10.5. The molecule has 1 aliphatic rings. The van der Waals surface area contributed by atoms with Gasteiger partial charge >= 0.3 is 0 Å². The second-order valence-corrected chi connectivity index (χ2v) is 7.57. The minimum absolute atomic E-state index is 0.0189. The highest BCUT2D eigenvalue weighted by molar-refractivity contribution is 6.04. The van der Waals surface area contributed by atoms with Gasteiger partial charge in [0.05, 0.1) is 24.8 Å². The van der Waals surface area contributed by atoms with Crippen LogP contribution in [-0.2, 0) is 16.1 Å². The highest BCUT2D eigenvalue weighted by Gasteiger charge is 2.22. The Bertz CT molecular complexity index is 1160. The minimum Gasteiger partial charge on any atom is -0.496 e. The first-order chi connectivity index (χ1) is 15.5. The Kier molecular flexibility index (Phi) is 6.38. The SMILES string of the molecule is COc1ccc(C(=O)Nc2nc3cc(N4CCOCC4=O)ccc3n2CCCO)cc1C. The third-order valence-corrected chi connectivity index (χ3v) is 5.45. The summed E-state index contributed by atoms with van der Waals surface area (Å²) in [6.45, 7) is 3.41. The van der Waals surface area contributed by atoms with Gasteiger partial charge in [-0.15, -0.1) is 0 Å². The first kappa shape index (κ1) is 21.8. The standard InChI is InChI=1S/C23H26N4O5/c1-15-12-16(4-7-20(15)31-2)22(30)25-23-24-18-13-17(26-9-11-32-14-21(26)29)5-6-19(18)27(23)8-3-10-28/h4-7,12-13,28H,3,8-11,14H2,1-2H3,(H,24,25,30). The van der Waals surface area contributed by atoms with E-state index in [1.165, 1.54) is 0 Å². The highest BCUT2D eigenvalue weighted by Crippen LogP contribution is 2.27. The van der Waals surface area contributed by atoms with Gasteiger partial charge in [0.25, 0.3) is 11.8 Å². The van der Waals surface area contributed by atoms with E-state index in [1.54, 1.807) is 30.2 Å². The summed E-state index contributed by atoms with van der Waals surface area (Å²) in [5.74, 6) is 0.706. The monoisotopic (exact) mass is 438 g/mol. The molecule has 4 rings (SSSR count). The number of aliphatic hydroxyl groups is 1. The van der Waals surface area contributed by atoms with E-state index in [0.717, 1.165) is 16.8 Å². The lowest BCUT2D eigenvalue weighted by atomic mass is 10.1. The number of rotatable bonds is 7. The van der Waals surface area contributed by atoms with Crippen molar-refractivity contribution >= 4 is 34.5 Å². The van der Waals surface area contributed by atoms with Gasteiger partial charge in [-0.05, 0) is 55.3 Å². The molecule has 1 fully saturated rings. The highest BCUT2D eigenvalue weighted by atomic mass is 16.5. The molecular formula is C23H26N4O5. The molecule has 0 radical (unpaired) electrons. The molecule has 0 atom stereocenters. The average molecular weight is 438 g/mol. The van der Waals surface area contributed by atoms with Crippen LogP contribution >= 0.6 is 0 Å². The number of hydrogen-bond acceptors (Lipinski definition) is 6. The van der Waals surface area contributed by atoms with Crippen LogP contribution in [0.2, 0.25) is 0 Å². The number of carbonyl (C=O) groups excluding carboxylic acids is 2. The van der Waals surface area contributed by atoms with Crippen molar-refractivity contribution < 1.29 is 24.2 Å². The Morgan fingerprint density at radius 3 is 2.84 bits per heavy atom. The summed E-state index contributed by atoms with van der Waals surface area (Å²) in [6, 6.07) is 10.8. The summed E-state index contributed by atoms with van der Waals surface area (Å²) in [6.07, 6.45) is 0.514. The van der Waals surface area contributed by atoms with Gasteiger partial charge in [-0.25, -0.2) is 4.98 Å². The maximum atomic E-state index is 12.9. The fraction of sp³-hybridized carbons (Fsp3) is 0.348. The number of ether oxygens (including phenoxy) is 2. The van der Waals surface area contributed by atoms with Crippen molar-refractivity contribution in [3.05, 3.63) is 47.5 Å². The van der Waals surface area contributed by atoms with Crippen LogP contribution < -0.4 is 15.0 Å². The van der Waals surface area contributed by atoms with Gasteiger partial charge in [-0.2, -0.15) is 0 Å². The molecule has 32 heavy (non-hydrogen) atoms. The average Bonchev–Trinajstić information content (AvgIpc) is 3.13. The van der Waals surface area contributed by atoms with Crippen molar-refractivity contribution in [1.29, 1.82) is 0 Å². The van der Waals surface area contributed by atoms with E-state index in [4.69, 9.17) is 9.47 Å². The minimum atomic E-state index is -0.292. The summed E-state index contributed by atoms with van der Waals surface area (Å²) in [4.78, 5) is 31.4. The third-order valence-electron chi connectivity index (χ3n) is 5.45. The number of methoxy groups -OCH3 is 1. The largest absolute Gasteiger partial charge is 0.496 e. The maximum Gasteiger partial charge on any atom is 0.257 e. The molecule has 2 amide bonds. The Hall–Kier alpha value is -3.43. The number of benzene rings is 2.